The minimum Gasteiger partial charge on any atom is -0.477 e. The zero-order valence-electron chi connectivity index (χ0n) is 11.2. The van der Waals surface area contributed by atoms with Crippen molar-refractivity contribution in [2.75, 3.05) is 6.61 Å². The van der Waals surface area contributed by atoms with Crippen LogP contribution in [0, 0.1) is 17.0 Å². The van der Waals surface area contributed by atoms with Crippen LogP contribution in [0.4, 0.5) is 5.69 Å². The maximum absolute atomic E-state index is 12.1. The third-order valence-corrected chi connectivity index (χ3v) is 3.23. The van der Waals surface area contributed by atoms with Crippen molar-refractivity contribution in [3.8, 4) is 5.75 Å². The number of nitro benzene ring substituents is 1. The fraction of sp³-hybridized carbons (Fsp3) is 0.133. The molecule has 21 heavy (non-hydrogen) atoms. The molecule has 108 valence electrons. The number of carbonyl (C=O) groups is 1. The van der Waals surface area contributed by atoms with Crippen LogP contribution in [-0.2, 0) is 0 Å². The zero-order chi connectivity index (χ0) is 15.4. The van der Waals surface area contributed by atoms with Crippen molar-refractivity contribution in [1.82, 2.24) is 0 Å². The van der Waals surface area contributed by atoms with Crippen molar-refractivity contribution in [2.24, 2.45) is 0 Å². The SMILES string of the molecule is Cc1ccccc1C(=O)COc1c(Cl)cccc1[N+](=O)[O-]. The first kappa shape index (κ1) is 15.0. The number of ether oxygens (including phenoxy) is 1. The van der Waals surface area contributed by atoms with E-state index >= 15 is 0 Å². The molecule has 0 spiro atoms. The van der Waals surface area contributed by atoms with E-state index in [-0.39, 0.29) is 28.8 Å². The maximum Gasteiger partial charge on any atom is 0.312 e. The third-order valence-electron chi connectivity index (χ3n) is 2.94. The third kappa shape index (κ3) is 3.38. The van der Waals surface area contributed by atoms with E-state index in [2.05, 4.69) is 0 Å². The Morgan fingerprint density at radius 3 is 2.62 bits per heavy atom. The number of para-hydroxylation sites is 1. The summed E-state index contributed by atoms with van der Waals surface area (Å²) in [7, 11) is 0. The number of nitro groups is 1. The van der Waals surface area contributed by atoms with Gasteiger partial charge in [-0.1, -0.05) is 41.9 Å². The van der Waals surface area contributed by atoms with E-state index in [1.54, 1.807) is 12.1 Å². The molecule has 0 heterocycles. The highest BCUT2D eigenvalue weighted by Gasteiger charge is 2.19. The molecule has 0 aromatic heterocycles. The van der Waals surface area contributed by atoms with Crippen LogP contribution in [0.1, 0.15) is 15.9 Å². The van der Waals surface area contributed by atoms with Crippen LogP contribution in [0.15, 0.2) is 42.5 Å². The first-order valence-corrected chi connectivity index (χ1v) is 6.53. The lowest BCUT2D eigenvalue weighted by Gasteiger charge is -2.09. The summed E-state index contributed by atoms with van der Waals surface area (Å²) < 4.78 is 5.28. The Labute approximate surface area is 126 Å². The fourth-order valence-electron chi connectivity index (χ4n) is 1.89. The van der Waals surface area contributed by atoms with Gasteiger partial charge in [0.05, 0.1) is 9.95 Å². The molecule has 0 amide bonds. The summed E-state index contributed by atoms with van der Waals surface area (Å²) >= 11 is 5.89. The average Bonchev–Trinajstić information content (AvgIpc) is 2.45. The van der Waals surface area contributed by atoms with Crippen molar-refractivity contribution >= 4 is 23.1 Å². The number of halogens is 1. The van der Waals surface area contributed by atoms with Crippen molar-refractivity contribution in [3.63, 3.8) is 0 Å². The number of nitrogens with zero attached hydrogens (tertiary/aromatic N) is 1. The summed E-state index contributed by atoms with van der Waals surface area (Å²) in [5.41, 5.74) is 1.08. The molecule has 0 bridgehead atoms. The van der Waals surface area contributed by atoms with Crippen LogP contribution >= 0.6 is 11.6 Å². The molecular formula is C15H12ClNO4. The van der Waals surface area contributed by atoms with E-state index in [9.17, 15) is 14.9 Å². The molecule has 0 aliphatic carbocycles. The lowest BCUT2D eigenvalue weighted by molar-refractivity contribution is -0.385. The summed E-state index contributed by atoms with van der Waals surface area (Å²) in [6.07, 6.45) is 0. The first-order chi connectivity index (χ1) is 10.0. The topological polar surface area (TPSA) is 69.4 Å². The Balaban J connectivity index is 2.19. The van der Waals surface area contributed by atoms with Crippen LogP contribution in [0.3, 0.4) is 0 Å². The second kappa shape index (κ2) is 6.37. The van der Waals surface area contributed by atoms with Crippen molar-refractivity contribution in [1.29, 1.82) is 0 Å². The van der Waals surface area contributed by atoms with Crippen molar-refractivity contribution < 1.29 is 14.5 Å². The van der Waals surface area contributed by atoms with Gasteiger partial charge in [-0.05, 0) is 18.6 Å². The number of hydrogen-bond acceptors (Lipinski definition) is 4. The number of benzene rings is 2. The molecule has 0 radical (unpaired) electrons. The molecule has 0 fully saturated rings. The Bertz CT molecular complexity index is 700. The monoisotopic (exact) mass is 305 g/mol. The molecule has 0 atom stereocenters. The normalized spacial score (nSPS) is 10.2. The molecule has 0 saturated heterocycles. The fourth-order valence-corrected chi connectivity index (χ4v) is 2.11. The highest BCUT2D eigenvalue weighted by atomic mass is 35.5. The van der Waals surface area contributed by atoms with Gasteiger partial charge in [-0.25, -0.2) is 0 Å². The molecule has 0 saturated carbocycles. The van der Waals surface area contributed by atoms with Gasteiger partial charge in [-0.3, -0.25) is 14.9 Å². The molecule has 0 unspecified atom stereocenters. The quantitative estimate of drug-likeness (QED) is 0.478. The Kier molecular flexibility index (Phi) is 4.55. The van der Waals surface area contributed by atoms with Gasteiger partial charge in [-0.15, -0.1) is 0 Å². The lowest BCUT2D eigenvalue weighted by atomic mass is 10.1. The molecule has 2 aromatic carbocycles. The van der Waals surface area contributed by atoms with Crippen molar-refractivity contribution in [3.05, 3.63) is 68.7 Å². The van der Waals surface area contributed by atoms with Crippen LogP contribution in [0.25, 0.3) is 0 Å². The highest BCUT2D eigenvalue weighted by Crippen LogP contribution is 2.34. The van der Waals surface area contributed by atoms with Gasteiger partial charge in [0.2, 0.25) is 5.75 Å². The van der Waals surface area contributed by atoms with Gasteiger partial charge in [0.15, 0.2) is 12.4 Å². The predicted molar refractivity (Wildman–Crippen MR) is 79.1 cm³/mol. The summed E-state index contributed by atoms with van der Waals surface area (Å²) in [5.74, 6) is -0.353. The van der Waals surface area contributed by atoms with Crippen LogP contribution in [-0.4, -0.2) is 17.3 Å². The molecule has 5 nitrogen and oxygen atoms in total. The van der Waals surface area contributed by atoms with Gasteiger partial charge >= 0.3 is 5.69 Å². The zero-order valence-corrected chi connectivity index (χ0v) is 12.0. The lowest BCUT2D eigenvalue weighted by Crippen LogP contribution is -2.13. The Morgan fingerprint density at radius 2 is 1.95 bits per heavy atom. The first-order valence-electron chi connectivity index (χ1n) is 6.15. The number of hydrogen-bond donors (Lipinski definition) is 0. The summed E-state index contributed by atoms with van der Waals surface area (Å²) in [5, 5.41) is 11.0. The second-order valence-electron chi connectivity index (χ2n) is 4.37. The van der Waals surface area contributed by atoms with E-state index in [4.69, 9.17) is 16.3 Å². The largest absolute Gasteiger partial charge is 0.477 e. The van der Waals surface area contributed by atoms with Gasteiger partial charge in [-0.2, -0.15) is 0 Å². The second-order valence-corrected chi connectivity index (χ2v) is 4.78. The van der Waals surface area contributed by atoms with E-state index in [1.807, 2.05) is 19.1 Å². The van der Waals surface area contributed by atoms with Crippen molar-refractivity contribution in [2.45, 2.75) is 6.92 Å². The molecule has 6 heteroatoms. The Morgan fingerprint density at radius 1 is 1.24 bits per heavy atom. The minimum absolute atomic E-state index is 0.0916. The number of Topliss-reactive ketones (excluding diaryl/α,β-unsaturated/α-hetero) is 1. The predicted octanol–water partition coefficient (Wildman–Crippen LogP) is 3.82. The summed E-state index contributed by atoms with van der Waals surface area (Å²) in [6.45, 7) is 1.50. The number of aryl methyl sites for hydroxylation is 1. The molecule has 2 aromatic rings. The molecular weight excluding hydrogens is 294 g/mol. The number of carbonyl (C=O) groups excluding carboxylic acids is 1. The molecule has 2 rings (SSSR count). The molecule has 0 aliphatic heterocycles. The van der Waals surface area contributed by atoms with E-state index in [1.165, 1.54) is 18.2 Å². The molecule has 0 aliphatic rings. The maximum atomic E-state index is 12.1. The van der Waals surface area contributed by atoms with Gasteiger partial charge < -0.3 is 4.74 Å². The van der Waals surface area contributed by atoms with Gasteiger partial charge in [0.1, 0.15) is 0 Å². The van der Waals surface area contributed by atoms with Crippen LogP contribution < -0.4 is 4.74 Å². The highest BCUT2D eigenvalue weighted by molar-refractivity contribution is 6.32. The smallest absolute Gasteiger partial charge is 0.312 e. The summed E-state index contributed by atoms with van der Waals surface area (Å²) in [4.78, 5) is 22.4. The summed E-state index contributed by atoms with van der Waals surface area (Å²) in [6, 6.07) is 11.3. The van der Waals surface area contributed by atoms with E-state index < -0.39 is 4.92 Å². The van der Waals surface area contributed by atoms with Gasteiger partial charge in [0, 0.05) is 11.6 Å². The van der Waals surface area contributed by atoms with Crippen LogP contribution in [0.5, 0.6) is 5.75 Å². The van der Waals surface area contributed by atoms with E-state index in [0.717, 1.165) is 5.56 Å². The number of ketones is 1. The van der Waals surface area contributed by atoms with Crippen LogP contribution in [0.2, 0.25) is 5.02 Å². The Hall–Kier alpha value is -2.40. The minimum atomic E-state index is -0.598. The van der Waals surface area contributed by atoms with Gasteiger partial charge in [0.25, 0.3) is 0 Å². The average molecular weight is 306 g/mol. The standard InChI is InChI=1S/C15H12ClNO4/c1-10-5-2-3-6-11(10)14(18)9-21-15-12(16)7-4-8-13(15)17(19)20/h2-8H,9H2,1H3. The molecule has 0 N–H and O–H groups in total. The number of rotatable bonds is 5. The van der Waals surface area contributed by atoms with E-state index in [0.29, 0.717) is 5.56 Å².